The third-order valence-corrected chi connectivity index (χ3v) is 3.72. The third kappa shape index (κ3) is 4.06. The number of hydrogen-bond acceptors (Lipinski definition) is 4. The van der Waals surface area contributed by atoms with Gasteiger partial charge in [-0.2, -0.15) is 0 Å². The minimum atomic E-state index is -2.69. The number of rotatable bonds is 5. The van der Waals surface area contributed by atoms with E-state index in [9.17, 15) is 8.42 Å². The summed E-state index contributed by atoms with van der Waals surface area (Å²) in [5.41, 5.74) is 0. The van der Waals surface area contributed by atoms with Crippen LogP contribution in [-0.4, -0.2) is 45.2 Å². The standard InChI is InChI=1S/C8H17NO3S/c1-7(2)12-4-3-9-8-5-13(10,11)6-8/h7-9H,3-6H2,1-2H3. The van der Waals surface area contributed by atoms with Crippen molar-refractivity contribution in [3.63, 3.8) is 0 Å². The highest BCUT2D eigenvalue weighted by atomic mass is 32.2. The maximum atomic E-state index is 10.8. The van der Waals surface area contributed by atoms with Crippen LogP contribution in [0.15, 0.2) is 0 Å². The molecule has 0 aromatic carbocycles. The van der Waals surface area contributed by atoms with Crippen LogP contribution in [0, 0.1) is 0 Å². The molecule has 78 valence electrons. The van der Waals surface area contributed by atoms with Gasteiger partial charge in [0, 0.05) is 12.6 Å². The molecule has 1 rings (SSSR count). The van der Waals surface area contributed by atoms with E-state index in [1.807, 2.05) is 13.8 Å². The van der Waals surface area contributed by atoms with Crippen LogP contribution in [0.2, 0.25) is 0 Å². The molecule has 4 nitrogen and oxygen atoms in total. The van der Waals surface area contributed by atoms with Crippen LogP contribution < -0.4 is 5.32 Å². The molecule has 0 saturated carbocycles. The first-order valence-electron chi connectivity index (χ1n) is 4.55. The first-order valence-corrected chi connectivity index (χ1v) is 6.37. The van der Waals surface area contributed by atoms with E-state index < -0.39 is 9.84 Å². The quantitative estimate of drug-likeness (QED) is 0.634. The molecular weight excluding hydrogens is 190 g/mol. The highest BCUT2D eigenvalue weighted by Crippen LogP contribution is 2.09. The van der Waals surface area contributed by atoms with Gasteiger partial charge in [0.1, 0.15) is 0 Å². The molecule has 1 heterocycles. The molecule has 0 amide bonds. The van der Waals surface area contributed by atoms with Crippen molar-refractivity contribution in [1.29, 1.82) is 0 Å². The predicted octanol–water partition coefficient (Wildman–Crippen LogP) is -0.202. The van der Waals surface area contributed by atoms with Crippen molar-refractivity contribution in [1.82, 2.24) is 5.32 Å². The van der Waals surface area contributed by atoms with Crippen molar-refractivity contribution in [2.75, 3.05) is 24.7 Å². The highest BCUT2D eigenvalue weighted by molar-refractivity contribution is 7.92. The Morgan fingerprint density at radius 3 is 2.54 bits per heavy atom. The van der Waals surface area contributed by atoms with Crippen molar-refractivity contribution < 1.29 is 13.2 Å². The highest BCUT2D eigenvalue weighted by Gasteiger charge is 2.32. The second-order valence-corrected chi connectivity index (χ2v) is 5.80. The summed E-state index contributed by atoms with van der Waals surface area (Å²) < 4.78 is 26.8. The SMILES string of the molecule is CC(C)OCCNC1CS(=O)(=O)C1. The van der Waals surface area contributed by atoms with Gasteiger partial charge < -0.3 is 10.1 Å². The van der Waals surface area contributed by atoms with Crippen LogP contribution in [0.3, 0.4) is 0 Å². The fourth-order valence-electron chi connectivity index (χ4n) is 1.24. The van der Waals surface area contributed by atoms with E-state index in [2.05, 4.69) is 5.32 Å². The minimum Gasteiger partial charge on any atom is -0.377 e. The zero-order valence-electron chi connectivity index (χ0n) is 8.12. The second-order valence-electron chi connectivity index (χ2n) is 3.65. The second kappa shape index (κ2) is 4.39. The van der Waals surface area contributed by atoms with Crippen molar-refractivity contribution >= 4 is 9.84 Å². The molecule has 1 aliphatic rings. The van der Waals surface area contributed by atoms with Crippen molar-refractivity contribution in [3.8, 4) is 0 Å². The summed E-state index contributed by atoms with van der Waals surface area (Å²) in [6, 6.07) is 0.153. The van der Waals surface area contributed by atoms with E-state index in [-0.39, 0.29) is 23.7 Å². The van der Waals surface area contributed by atoms with Crippen LogP contribution >= 0.6 is 0 Å². The van der Waals surface area contributed by atoms with Crippen molar-refractivity contribution in [2.24, 2.45) is 0 Å². The van der Waals surface area contributed by atoms with Gasteiger partial charge in [0.25, 0.3) is 0 Å². The fraction of sp³-hybridized carbons (Fsp3) is 1.00. The van der Waals surface area contributed by atoms with E-state index in [4.69, 9.17) is 4.74 Å². The Bertz CT molecular complexity index is 236. The molecule has 0 spiro atoms. The monoisotopic (exact) mass is 207 g/mol. The Morgan fingerprint density at radius 2 is 2.08 bits per heavy atom. The molecule has 0 bridgehead atoms. The molecule has 0 aliphatic carbocycles. The van der Waals surface area contributed by atoms with Crippen molar-refractivity contribution in [3.05, 3.63) is 0 Å². The Hall–Kier alpha value is -0.130. The first-order chi connectivity index (χ1) is 5.99. The summed E-state index contributed by atoms with van der Waals surface area (Å²) >= 11 is 0. The first kappa shape index (κ1) is 10.9. The summed E-state index contributed by atoms with van der Waals surface area (Å²) in [5.74, 6) is 0.573. The van der Waals surface area contributed by atoms with Crippen LogP contribution in [0.5, 0.6) is 0 Å². The smallest absolute Gasteiger partial charge is 0.153 e. The van der Waals surface area contributed by atoms with Gasteiger partial charge in [0.05, 0.1) is 24.2 Å². The number of ether oxygens (including phenoxy) is 1. The maximum Gasteiger partial charge on any atom is 0.153 e. The van der Waals surface area contributed by atoms with Gasteiger partial charge in [-0.05, 0) is 13.8 Å². The molecular formula is C8H17NO3S. The maximum absolute atomic E-state index is 10.8. The van der Waals surface area contributed by atoms with E-state index in [1.54, 1.807) is 0 Å². The van der Waals surface area contributed by atoms with E-state index in [1.165, 1.54) is 0 Å². The Balaban J connectivity index is 1.97. The molecule has 0 atom stereocenters. The fourth-order valence-corrected chi connectivity index (χ4v) is 2.60. The lowest BCUT2D eigenvalue weighted by molar-refractivity contribution is 0.0797. The van der Waals surface area contributed by atoms with Crippen LogP contribution in [0.25, 0.3) is 0 Å². The predicted molar refractivity (Wildman–Crippen MR) is 51.5 cm³/mol. The van der Waals surface area contributed by atoms with Gasteiger partial charge >= 0.3 is 0 Å². The molecule has 0 unspecified atom stereocenters. The third-order valence-electron chi connectivity index (χ3n) is 1.90. The lowest BCUT2D eigenvalue weighted by atomic mass is 10.4. The zero-order valence-corrected chi connectivity index (χ0v) is 8.93. The lowest BCUT2D eigenvalue weighted by Crippen LogP contribution is -2.51. The van der Waals surface area contributed by atoms with Crippen LogP contribution in [0.4, 0.5) is 0 Å². The molecule has 1 aliphatic heterocycles. The van der Waals surface area contributed by atoms with Gasteiger partial charge in [0.15, 0.2) is 9.84 Å². The Labute approximate surface area is 79.6 Å². The molecule has 1 N–H and O–H groups in total. The van der Waals surface area contributed by atoms with Gasteiger partial charge in [-0.25, -0.2) is 8.42 Å². The molecule has 0 radical (unpaired) electrons. The van der Waals surface area contributed by atoms with Gasteiger partial charge in [-0.1, -0.05) is 0 Å². The molecule has 1 fully saturated rings. The Morgan fingerprint density at radius 1 is 1.46 bits per heavy atom. The molecule has 0 aromatic rings. The summed E-state index contributed by atoms with van der Waals surface area (Å²) in [6.07, 6.45) is 0.243. The number of nitrogens with one attached hydrogen (secondary N) is 1. The van der Waals surface area contributed by atoms with Gasteiger partial charge in [-0.15, -0.1) is 0 Å². The average Bonchev–Trinajstić information content (AvgIpc) is 1.93. The summed E-state index contributed by atoms with van der Waals surface area (Å²) in [4.78, 5) is 0. The molecule has 0 aromatic heterocycles. The molecule has 1 saturated heterocycles. The Kier molecular flexibility index (Phi) is 3.70. The van der Waals surface area contributed by atoms with E-state index in [0.29, 0.717) is 6.61 Å². The van der Waals surface area contributed by atoms with E-state index in [0.717, 1.165) is 6.54 Å². The largest absolute Gasteiger partial charge is 0.377 e. The average molecular weight is 207 g/mol. The number of hydrogen-bond donors (Lipinski definition) is 1. The summed E-state index contributed by atoms with van der Waals surface area (Å²) in [7, 11) is -2.69. The van der Waals surface area contributed by atoms with Gasteiger partial charge in [0.2, 0.25) is 0 Å². The normalized spacial score (nSPS) is 21.8. The zero-order chi connectivity index (χ0) is 9.90. The van der Waals surface area contributed by atoms with Gasteiger partial charge in [-0.3, -0.25) is 0 Å². The number of sulfone groups is 1. The topological polar surface area (TPSA) is 55.4 Å². The molecule has 5 heteroatoms. The lowest BCUT2D eigenvalue weighted by Gasteiger charge is -2.26. The van der Waals surface area contributed by atoms with Crippen molar-refractivity contribution in [2.45, 2.75) is 26.0 Å². The minimum absolute atomic E-state index is 0.153. The van der Waals surface area contributed by atoms with E-state index >= 15 is 0 Å². The molecule has 13 heavy (non-hydrogen) atoms. The summed E-state index contributed by atoms with van der Waals surface area (Å²) in [6.45, 7) is 5.34. The summed E-state index contributed by atoms with van der Waals surface area (Å²) in [5, 5.41) is 3.13. The van der Waals surface area contributed by atoms with Crippen LogP contribution in [0.1, 0.15) is 13.8 Å². The van der Waals surface area contributed by atoms with Crippen LogP contribution in [-0.2, 0) is 14.6 Å².